The van der Waals surface area contributed by atoms with Crippen molar-refractivity contribution in [1.82, 2.24) is 20.5 Å². The predicted octanol–water partition coefficient (Wildman–Crippen LogP) is 1.74. The number of halogens is 2. The summed E-state index contributed by atoms with van der Waals surface area (Å²) in [6.45, 7) is 0.138. The van der Waals surface area contributed by atoms with E-state index >= 15 is 0 Å². The molecule has 24 heavy (non-hydrogen) atoms. The number of aromatic amines is 1. The molecule has 1 fully saturated rings. The van der Waals surface area contributed by atoms with Gasteiger partial charge < -0.3 is 14.8 Å². The van der Waals surface area contributed by atoms with E-state index in [1.54, 1.807) is 0 Å². The van der Waals surface area contributed by atoms with Gasteiger partial charge in [-0.25, -0.2) is 13.8 Å². The highest BCUT2D eigenvalue weighted by Crippen LogP contribution is 2.30. The number of benzene rings is 1. The summed E-state index contributed by atoms with van der Waals surface area (Å²) >= 11 is 0. The van der Waals surface area contributed by atoms with Crippen LogP contribution in [0.2, 0.25) is 0 Å². The third-order valence-corrected chi connectivity index (χ3v) is 3.84. The molecule has 0 spiro atoms. The molecule has 0 unspecified atom stereocenters. The van der Waals surface area contributed by atoms with Gasteiger partial charge in [0.05, 0.1) is 13.2 Å². The van der Waals surface area contributed by atoms with Gasteiger partial charge in [-0.15, -0.1) is 0 Å². The molecule has 2 heterocycles. The number of rotatable bonds is 5. The zero-order valence-corrected chi connectivity index (χ0v) is 12.9. The number of hydrogen-bond acceptors (Lipinski definition) is 5. The first-order valence-electron chi connectivity index (χ1n) is 7.41. The number of nitrogens with zero attached hydrogens (tertiary/aromatic N) is 2. The molecule has 2 N–H and O–H groups in total. The van der Waals surface area contributed by atoms with Crippen molar-refractivity contribution in [3.63, 3.8) is 0 Å². The van der Waals surface area contributed by atoms with Crippen LogP contribution >= 0.6 is 0 Å². The van der Waals surface area contributed by atoms with Gasteiger partial charge in [0.15, 0.2) is 17.4 Å². The fourth-order valence-corrected chi connectivity index (χ4v) is 2.62. The number of aromatic nitrogens is 3. The van der Waals surface area contributed by atoms with Crippen LogP contribution in [-0.4, -0.2) is 40.8 Å². The summed E-state index contributed by atoms with van der Waals surface area (Å²) in [6, 6.07) is 2.12. The van der Waals surface area contributed by atoms with Gasteiger partial charge in [0.25, 0.3) is 5.91 Å². The molecule has 0 radical (unpaired) electrons. The zero-order chi connectivity index (χ0) is 17.1. The molecular weight excluding hydrogens is 322 g/mol. The first kappa shape index (κ1) is 16.3. The summed E-state index contributed by atoms with van der Waals surface area (Å²) in [7, 11) is 1.24. The lowest BCUT2D eigenvalue weighted by Gasteiger charge is -2.14. The van der Waals surface area contributed by atoms with Gasteiger partial charge in [-0.2, -0.15) is 5.10 Å². The minimum absolute atomic E-state index is 0.138. The Morgan fingerprint density at radius 1 is 1.46 bits per heavy atom. The molecule has 1 aromatic carbocycles. The van der Waals surface area contributed by atoms with Crippen molar-refractivity contribution in [2.24, 2.45) is 0 Å². The number of amides is 1. The molecular formula is C15H16F2N4O3. The molecule has 128 valence electrons. The van der Waals surface area contributed by atoms with E-state index < -0.39 is 23.1 Å². The molecule has 0 aliphatic carbocycles. The number of methoxy groups -OCH3 is 1. The smallest absolute Gasteiger partial charge is 0.257 e. The van der Waals surface area contributed by atoms with E-state index in [0.29, 0.717) is 12.2 Å². The molecule has 2 atom stereocenters. The van der Waals surface area contributed by atoms with Gasteiger partial charge in [-0.3, -0.25) is 9.89 Å². The van der Waals surface area contributed by atoms with Gasteiger partial charge in [0.2, 0.25) is 0 Å². The average molecular weight is 338 g/mol. The molecule has 9 heteroatoms. The molecule has 1 saturated heterocycles. The van der Waals surface area contributed by atoms with Crippen LogP contribution in [0.5, 0.6) is 5.75 Å². The average Bonchev–Trinajstić information content (AvgIpc) is 3.24. The molecule has 2 aromatic rings. The number of ether oxygens (including phenoxy) is 2. The second kappa shape index (κ2) is 6.91. The Morgan fingerprint density at radius 3 is 3.00 bits per heavy atom. The van der Waals surface area contributed by atoms with Crippen LogP contribution in [-0.2, 0) is 4.74 Å². The van der Waals surface area contributed by atoms with E-state index in [1.165, 1.54) is 13.4 Å². The van der Waals surface area contributed by atoms with Crippen LogP contribution in [0, 0.1) is 11.6 Å². The van der Waals surface area contributed by atoms with Crippen LogP contribution in [0.3, 0.4) is 0 Å². The highest BCUT2D eigenvalue weighted by Gasteiger charge is 2.29. The summed E-state index contributed by atoms with van der Waals surface area (Å²) in [5.74, 6) is -2.40. The molecule has 3 rings (SSSR count). The van der Waals surface area contributed by atoms with Gasteiger partial charge in [0.1, 0.15) is 23.8 Å². The van der Waals surface area contributed by atoms with Gasteiger partial charge in [-0.1, -0.05) is 0 Å². The maximum Gasteiger partial charge on any atom is 0.257 e. The summed E-state index contributed by atoms with van der Waals surface area (Å²) < 4.78 is 38.3. The van der Waals surface area contributed by atoms with E-state index in [-0.39, 0.29) is 24.5 Å². The first-order chi connectivity index (χ1) is 11.6. The Labute approximate surface area is 136 Å². The van der Waals surface area contributed by atoms with Crippen LogP contribution in [0.1, 0.15) is 35.1 Å². The standard InChI is InChI=1S/C15H16F2N4O3/c1-23-10-5-3-9(16)12(13(10)17)15(22)18-6-8-2-4-11(24-8)14-19-7-20-21-14/h3,5,7-8,11H,2,4,6H2,1H3,(H,18,22)(H,19,20,21)/t8-,11+/m1/s1. The van der Waals surface area contributed by atoms with E-state index in [9.17, 15) is 13.6 Å². The van der Waals surface area contributed by atoms with Crippen molar-refractivity contribution >= 4 is 5.91 Å². The van der Waals surface area contributed by atoms with Crippen molar-refractivity contribution in [3.05, 3.63) is 41.5 Å². The quantitative estimate of drug-likeness (QED) is 0.867. The lowest BCUT2D eigenvalue weighted by molar-refractivity contribution is 0.0391. The predicted molar refractivity (Wildman–Crippen MR) is 78.5 cm³/mol. The van der Waals surface area contributed by atoms with Crippen molar-refractivity contribution in [2.45, 2.75) is 25.0 Å². The van der Waals surface area contributed by atoms with Crippen LogP contribution in [0.25, 0.3) is 0 Å². The first-order valence-corrected chi connectivity index (χ1v) is 7.41. The lowest BCUT2D eigenvalue weighted by Crippen LogP contribution is -2.33. The fraction of sp³-hybridized carbons (Fsp3) is 0.400. The Kier molecular flexibility index (Phi) is 4.70. The zero-order valence-electron chi connectivity index (χ0n) is 12.9. The molecule has 7 nitrogen and oxygen atoms in total. The SMILES string of the molecule is COc1ccc(F)c(C(=O)NC[C@H]2CC[C@@H](c3ncn[nH]3)O2)c1F. The number of nitrogens with one attached hydrogen (secondary N) is 2. The summed E-state index contributed by atoms with van der Waals surface area (Å²) in [5.41, 5.74) is -0.667. The molecule has 0 bridgehead atoms. The normalized spacial score (nSPS) is 20.1. The maximum atomic E-state index is 14.1. The Bertz CT molecular complexity index is 724. The van der Waals surface area contributed by atoms with Crippen LogP contribution in [0.15, 0.2) is 18.5 Å². The number of carbonyl (C=O) groups excluding carboxylic acids is 1. The highest BCUT2D eigenvalue weighted by atomic mass is 19.1. The molecule has 1 aromatic heterocycles. The van der Waals surface area contributed by atoms with Crippen molar-refractivity contribution < 1.29 is 23.0 Å². The molecule has 1 aliphatic rings. The summed E-state index contributed by atoms with van der Waals surface area (Å²) in [5, 5.41) is 8.99. The maximum absolute atomic E-state index is 14.1. The van der Waals surface area contributed by atoms with E-state index in [0.717, 1.165) is 18.6 Å². The van der Waals surface area contributed by atoms with Gasteiger partial charge >= 0.3 is 0 Å². The van der Waals surface area contributed by atoms with Crippen molar-refractivity contribution in [3.8, 4) is 5.75 Å². The second-order valence-corrected chi connectivity index (χ2v) is 5.34. The Morgan fingerprint density at radius 2 is 2.29 bits per heavy atom. The summed E-state index contributed by atoms with van der Waals surface area (Å²) in [6.07, 6.45) is 2.31. The lowest BCUT2D eigenvalue weighted by atomic mass is 10.1. The third-order valence-electron chi connectivity index (χ3n) is 3.84. The Balaban J connectivity index is 1.61. The minimum Gasteiger partial charge on any atom is -0.494 e. The van der Waals surface area contributed by atoms with E-state index in [4.69, 9.17) is 9.47 Å². The van der Waals surface area contributed by atoms with Gasteiger partial charge in [-0.05, 0) is 25.0 Å². The van der Waals surface area contributed by atoms with Crippen molar-refractivity contribution in [1.29, 1.82) is 0 Å². The number of carbonyl (C=O) groups is 1. The fourth-order valence-electron chi connectivity index (χ4n) is 2.62. The second-order valence-electron chi connectivity index (χ2n) is 5.34. The number of H-pyrrole nitrogens is 1. The minimum atomic E-state index is -1.03. The topological polar surface area (TPSA) is 89.1 Å². The Hall–Kier alpha value is -2.55. The molecule has 0 saturated carbocycles. The van der Waals surface area contributed by atoms with Gasteiger partial charge in [0, 0.05) is 6.54 Å². The van der Waals surface area contributed by atoms with E-state index in [1.807, 2.05) is 0 Å². The van der Waals surface area contributed by atoms with Crippen molar-refractivity contribution in [2.75, 3.05) is 13.7 Å². The highest BCUT2D eigenvalue weighted by molar-refractivity contribution is 5.95. The monoisotopic (exact) mass is 338 g/mol. The number of hydrogen-bond donors (Lipinski definition) is 2. The van der Waals surface area contributed by atoms with Crippen LogP contribution in [0.4, 0.5) is 8.78 Å². The summed E-state index contributed by atoms with van der Waals surface area (Å²) in [4.78, 5) is 16.1. The third kappa shape index (κ3) is 3.21. The largest absolute Gasteiger partial charge is 0.494 e. The van der Waals surface area contributed by atoms with Crippen LogP contribution < -0.4 is 10.1 Å². The molecule has 1 aliphatic heterocycles. The molecule has 1 amide bonds. The van der Waals surface area contributed by atoms with E-state index in [2.05, 4.69) is 20.5 Å².